The Hall–Kier alpha value is -2.87. The second-order valence-electron chi connectivity index (χ2n) is 6.81. The van der Waals surface area contributed by atoms with Gasteiger partial charge in [-0.2, -0.15) is 5.26 Å². The summed E-state index contributed by atoms with van der Waals surface area (Å²) in [7, 11) is 0. The van der Waals surface area contributed by atoms with Crippen LogP contribution in [0.5, 0.6) is 0 Å². The molecule has 124 valence electrons. The highest BCUT2D eigenvalue weighted by molar-refractivity contribution is 5.90. The van der Waals surface area contributed by atoms with E-state index in [2.05, 4.69) is 37.5 Å². The second kappa shape index (κ2) is 6.32. The average Bonchev–Trinajstić information content (AvgIpc) is 2.78. The number of nitro groups is 1. The van der Waals surface area contributed by atoms with Gasteiger partial charge in [0.25, 0.3) is 5.69 Å². The van der Waals surface area contributed by atoms with Crippen LogP contribution in [0.25, 0.3) is 11.6 Å². The van der Waals surface area contributed by atoms with Gasteiger partial charge < -0.3 is 4.57 Å². The van der Waals surface area contributed by atoms with Crippen molar-refractivity contribution < 1.29 is 4.92 Å². The van der Waals surface area contributed by atoms with Gasteiger partial charge in [0.05, 0.1) is 16.6 Å². The fourth-order valence-electron chi connectivity index (χ4n) is 3.06. The molecule has 0 aliphatic heterocycles. The summed E-state index contributed by atoms with van der Waals surface area (Å²) in [5.41, 5.74) is 4.34. The summed E-state index contributed by atoms with van der Waals surface area (Å²) >= 11 is 0. The molecule has 0 bridgehead atoms. The SMILES string of the molecule is Cc1cc(/C=C(/C#N)c2ccc([N+](=O)[O-])cc2)c(C)n1C(C)(C)C. The Balaban J connectivity index is 2.49. The Morgan fingerprint density at radius 3 is 2.25 bits per heavy atom. The topological polar surface area (TPSA) is 71.9 Å². The van der Waals surface area contributed by atoms with E-state index in [-0.39, 0.29) is 11.2 Å². The molecule has 0 fully saturated rings. The van der Waals surface area contributed by atoms with Crippen LogP contribution >= 0.6 is 0 Å². The Bertz CT molecular complexity index is 844. The summed E-state index contributed by atoms with van der Waals surface area (Å²) in [6.07, 6.45) is 1.84. The van der Waals surface area contributed by atoms with Crippen LogP contribution in [0.1, 0.15) is 43.3 Å². The molecule has 5 nitrogen and oxygen atoms in total. The zero-order chi connectivity index (χ0) is 18.1. The van der Waals surface area contributed by atoms with E-state index >= 15 is 0 Å². The van der Waals surface area contributed by atoms with Crippen LogP contribution in [0.3, 0.4) is 0 Å². The molecular formula is C19H21N3O2. The van der Waals surface area contributed by atoms with Crippen LogP contribution in [-0.2, 0) is 5.54 Å². The van der Waals surface area contributed by atoms with Crippen LogP contribution in [0.2, 0.25) is 0 Å². The van der Waals surface area contributed by atoms with Crippen LogP contribution in [0, 0.1) is 35.3 Å². The number of nitriles is 1. The fraction of sp³-hybridized carbons (Fsp3) is 0.316. The first-order valence-electron chi connectivity index (χ1n) is 7.71. The lowest BCUT2D eigenvalue weighted by Gasteiger charge is -2.25. The second-order valence-corrected chi connectivity index (χ2v) is 6.81. The van der Waals surface area contributed by atoms with Crippen molar-refractivity contribution in [3.05, 3.63) is 63.0 Å². The predicted molar refractivity (Wildman–Crippen MR) is 95.5 cm³/mol. The van der Waals surface area contributed by atoms with Crippen molar-refractivity contribution in [3.8, 4) is 6.07 Å². The maximum absolute atomic E-state index is 10.7. The lowest BCUT2D eigenvalue weighted by Crippen LogP contribution is -2.24. The Morgan fingerprint density at radius 1 is 1.25 bits per heavy atom. The van der Waals surface area contributed by atoms with Gasteiger partial charge in [-0.15, -0.1) is 0 Å². The molecule has 2 rings (SSSR count). The normalized spacial score (nSPS) is 12.1. The van der Waals surface area contributed by atoms with E-state index in [0.29, 0.717) is 11.1 Å². The molecular weight excluding hydrogens is 302 g/mol. The largest absolute Gasteiger partial charge is 0.343 e. The van der Waals surface area contributed by atoms with Crippen molar-refractivity contribution in [2.75, 3.05) is 0 Å². The van der Waals surface area contributed by atoms with Crippen molar-refractivity contribution in [2.24, 2.45) is 0 Å². The molecule has 0 unspecified atom stereocenters. The van der Waals surface area contributed by atoms with Gasteiger partial charge >= 0.3 is 0 Å². The summed E-state index contributed by atoms with van der Waals surface area (Å²) in [6.45, 7) is 10.5. The molecule has 1 heterocycles. The molecule has 0 aliphatic carbocycles. The van der Waals surface area contributed by atoms with Gasteiger partial charge in [0, 0.05) is 29.1 Å². The van der Waals surface area contributed by atoms with E-state index in [9.17, 15) is 15.4 Å². The van der Waals surface area contributed by atoms with Crippen LogP contribution in [0.15, 0.2) is 30.3 Å². The summed E-state index contributed by atoms with van der Waals surface area (Å²) in [5.74, 6) is 0. The number of rotatable bonds is 3. The van der Waals surface area contributed by atoms with E-state index in [0.717, 1.165) is 17.0 Å². The van der Waals surface area contributed by atoms with Gasteiger partial charge in [-0.25, -0.2) is 0 Å². The minimum atomic E-state index is -0.448. The third kappa shape index (κ3) is 3.38. The van der Waals surface area contributed by atoms with Gasteiger partial charge in [-0.05, 0) is 70.0 Å². The van der Waals surface area contributed by atoms with E-state index in [4.69, 9.17) is 0 Å². The highest BCUT2D eigenvalue weighted by atomic mass is 16.6. The van der Waals surface area contributed by atoms with Gasteiger partial charge in [0.15, 0.2) is 0 Å². The molecule has 24 heavy (non-hydrogen) atoms. The van der Waals surface area contributed by atoms with Gasteiger partial charge in [-0.3, -0.25) is 10.1 Å². The van der Waals surface area contributed by atoms with Crippen molar-refractivity contribution in [2.45, 2.75) is 40.2 Å². The minimum Gasteiger partial charge on any atom is -0.343 e. The molecule has 0 saturated carbocycles. The van der Waals surface area contributed by atoms with E-state index < -0.39 is 4.92 Å². The highest BCUT2D eigenvalue weighted by Crippen LogP contribution is 2.28. The summed E-state index contributed by atoms with van der Waals surface area (Å²) in [5, 5.41) is 20.2. The summed E-state index contributed by atoms with van der Waals surface area (Å²) < 4.78 is 2.24. The number of allylic oxidation sites excluding steroid dienone is 1. The molecule has 1 aromatic carbocycles. The monoisotopic (exact) mass is 323 g/mol. The fourth-order valence-corrected chi connectivity index (χ4v) is 3.06. The molecule has 0 amide bonds. The highest BCUT2D eigenvalue weighted by Gasteiger charge is 2.19. The van der Waals surface area contributed by atoms with Crippen molar-refractivity contribution >= 4 is 17.3 Å². The van der Waals surface area contributed by atoms with Gasteiger partial charge in [0.2, 0.25) is 0 Å². The first-order valence-corrected chi connectivity index (χ1v) is 7.71. The standard InChI is InChI=1S/C19H21N3O2/c1-13-10-16(14(2)21(13)19(3,4)5)11-17(12-20)15-6-8-18(9-7-15)22(23)24/h6-11H,1-5H3/b17-11-. The number of aryl methyl sites for hydroxylation is 1. The average molecular weight is 323 g/mol. The lowest BCUT2D eigenvalue weighted by molar-refractivity contribution is -0.384. The quantitative estimate of drug-likeness (QED) is 0.461. The molecule has 0 saturated heterocycles. The van der Waals surface area contributed by atoms with Crippen LogP contribution in [-0.4, -0.2) is 9.49 Å². The third-order valence-corrected chi connectivity index (χ3v) is 3.95. The molecule has 0 N–H and O–H groups in total. The maximum atomic E-state index is 10.7. The molecule has 0 aliphatic rings. The van der Waals surface area contributed by atoms with Gasteiger partial charge in [-0.1, -0.05) is 0 Å². The van der Waals surface area contributed by atoms with Crippen LogP contribution in [0.4, 0.5) is 5.69 Å². The molecule has 2 aromatic rings. The van der Waals surface area contributed by atoms with E-state index in [1.165, 1.54) is 12.1 Å². The lowest BCUT2D eigenvalue weighted by atomic mass is 10.0. The number of hydrogen-bond donors (Lipinski definition) is 0. The van der Waals surface area contributed by atoms with Gasteiger partial charge in [0.1, 0.15) is 0 Å². The molecule has 5 heteroatoms. The number of hydrogen-bond acceptors (Lipinski definition) is 3. The molecule has 0 radical (unpaired) electrons. The first kappa shape index (κ1) is 17.5. The smallest absolute Gasteiger partial charge is 0.269 e. The Morgan fingerprint density at radius 2 is 1.83 bits per heavy atom. The number of aromatic nitrogens is 1. The van der Waals surface area contributed by atoms with Crippen molar-refractivity contribution in [3.63, 3.8) is 0 Å². The molecule has 0 atom stereocenters. The number of nitrogens with zero attached hydrogens (tertiary/aromatic N) is 3. The third-order valence-electron chi connectivity index (χ3n) is 3.95. The summed E-state index contributed by atoms with van der Waals surface area (Å²) in [4.78, 5) is 10.3. The maximum Gasteiger partial charge on any atom is 0.269 e. The molecule has 0 spiro atoms. The Labute approximate surface area is 142 Å². The number of non-ortho nitro benzene ring substituents is 1. The van der Waals surface area contributed by atoms with Crippen molar-refractivity contribution in [1.82, 2.24) is 4.57 Å². The Kier molecular flexibility index (Phi) is 4.61. The van der Waals surface area contributed by atoms with Crippen LogP contribution < -0.4 is 0 Å². The zero-order valence-electron chi connectivity index (χ0n) is 14.6. The molecule has 1 aromatic heterocycles. The summed E-state index contributed by atoms with van der Waals surface area (Å²) in [6, 6.07) is 10.3. The number of benzene rings is 1. The first-order chi connectivity index (χ1) is 11.1. The minimum absolute atomic E-state index is 0.0157. The van der Waals surface area contributed by atoms with E-state index in [1.807, 2.05) is 19.9 Å². The number of nitro benzene ring substituents is 1. The van der Waals surface area contributed by atoms with E-state index in [1.54, 1.807) is 12.1 Å². The predicted octanol–water partition coefficient (Wildman–Crippen LogP) is 4.83. The zero-order valence-corrected chi connectivity index (χ0v) is 14.6. The van der Waals surface area contributed by atoms with Crippen molar-refractivity contribution in [1.29, 1.82) is 5.26 Å².